The molecule has 0 saturated carbocycles. The first-order valence-corrected chi connectivity index (χ1v) is 4.68. The highest BCUT2D eigenvalue weighted by atomic mass is 16.2. The molecule has 0 aliphatic carbocycles. The number of allylic oxidation sites excluding steroid dienone is 1. The maximum absolute atomic E-state index is 9.88. The minimum atomic E-state index is 0.895. The maximum Gasteiger partial charge on any atom is 0.138 e. The van der Waals surface area contributed by atoms with E-state index in [1.807, 2.05) is 0 Å². The van der Waals surface area contributed by atoms with Crippen molar-refractivity contribution in [1.29, 1.82) is 0 Å². The lowest BCUT2D eigenvalue weighted by molar-refractivity contribution is 0.349. The SMILES string of the molecule is CCCCCCCC/C=C/[O]. The van der Waals surface area contributed by atoms with E-state index in [0.29, 0.717) is 0 Å². The van der Waals surface area contributed by atoms with E-state index in [1.54, 1.807) is 6.08 Å². The summed E-state index contributed by atoms with van der Waals surface area (Å²) in [7, 11) is 0. The van der Waals surface area contributed by atoms with Crippen molar-refractivity contribution in [2.45, 2.75) is 51.9 Å². The zero-order valence-electron chi connectivity index (χ0n) is 7.51. The molecule has 11 heavy (non-hydrogen) atoms. The topological polar surface area (TPSA) is 19.9 Å². The van der Waals surface area contributed by atoms with Gasteiger partial charge in [0, 0.05) is 0 Å². The van der Waals surface area contributed by atoms with Gasteiger partial charge in [0.05, 0.1) is 0 Å². The normalized spacial score (nSPS) is 11.0. The summed E-state index contributed by atoms with van der Waals surface area (Å²) in [5.41, 5.74) is 0. The molecule has 0 bridgehead atoms. The van der Waals surface area contributed by atoms with Gasteiger partial charge in [0.2, 0.25) is 0 Å². The molecule has 0 amide bonds. The van der Waals surface area contributed by atoms with Crippen LogP contribution in [-0.2, 0) is 5.11 Å². The van der Waals surface area contributed by atoms with Crippen molar-refractivity contribution in [3.8, 4) is 0 Å². The van der Waals surface area contributed by atoms with Gasteiger partial charge in [-0.2, -0.15) is 0 Å². The zero-order chi connectivity index (χ0) is 8.36. The second kappa shape index (κ2) is 9.54. The zero-order valence-corrected chi connectivity index (χ0v) is 7.51. The van der Waals surface area contributed by atoms with Crippen molar-refractivity contribution >= 4 is 0 Å². The average molecular weight is 155 g/mol. The minimum Gasteiger partial charge on any atom is -0.299 e. The Kier molecular flexibility index (Phi) is 9.14. The molecule has 1 radical (unpaired) electrons. The van der Waals surface area contributed by atoms with E-state index in [4.69, 9.17) is 0 Å². The predicted octanol–water partition coefficient (Wildman–Crippen LogP) is 3.68. The maximum atomic E-state index is 9.88. The minimum absolute atomic E-state index is 0.895. The van der Waals surface area contributed by atoms with Crippen LogP contribution in [0.15, 0.2) is 12.3 Å². The standard InChI is InChI=1S/C10H19O/c1-2-3-4-5-6-7-8-9-10-11/h9-10H,2-8H2,1H3/b10-9+. The van der Waals surface area contributed by atoms with E-state index in [9.17, 15) is 5.11 Å². The molecule has 0 atom stereocenters. The number of unbranched alkanes of at least 4 members (excludes halogenated alkanes) is 6. The molecule has 0 spiro atoms. The van der Waals surface area contributed by atoms with Gasteiger partial charge in [0.1, 0.15) is 6.26 Å². The highest BCUT2D eigenvalue weighted by molar-refractivity contribution is 4.70. The van der Waals surface area contributed by atoms with Crippen LogP contribution in [0.1, 0.15) is 51.9 Å². The van der Waals surface area contributed by atoms with Crippen molar-refractivity contribution < 1.29 is 5.11 Å². The molecule has 0 aromatic rings. The van der Waals surface area contributed by atoms with E-state index in [0.717, 1.165) is 12.7 Å². The van der Waals surface area contributed by atoms with E-state index in [1.165, 1.54) is 38.5 Å². The quantitative estimate of drug-likeness (QED) is 0.395. The van der Waals surface area contributed by atoms with Crippen LogP contribution >= 0.6 is 0 Å². The summed E-state index contributed by atoms with van der Waals surface area (Å²) in [6.45, 7) is 2.22. The Morgan fingerprint density at radius 2 is 1.64 bits per heavy atom. The fourth-order valence-corrected chi connectivity index (χ4v) is 1.11. The number of hydrogen-bond acceptors (Lipinski definition) is 0. The molecule has 0 aromatic heterocycles. The lowest BCUT2D eigenvalue weighted by Crippen LogP contribution is -1.77. The Hall–Kier alpha value is -0.460. The molecule has 0 aromatic carbocycles. The lowest BCUT2D eigenvalue weighted by Gasteiger charge is -1.96. The molecule has 1 heteroatoms. The molecule has 0 rings (SSSR count). The van der Waals surface area contributed by atoms with E-state index >= 15 is 0 Å². The summed E-state index contributed by atoms with van der Waals surface area (Å²) in [6, 6.07) is 0. The van der Waals surface area contributed by atoms with Gasteiger partial charge in [0.25, 0.3) is 0 Å². The monoisotopic (exact) mass is 155 g/mol. The van der Waals surface area contributed by atoms with Gasteiger partial charge in [-0.25, -0.2) is 0 Å². The van der Waals surface area contributed by atoms with Crippen LogP contribution in [-0.4, -0.2) is 0 Å². The molecule has 0 saturated heterocycles. The van der Waals surface area contributed by atoms with Crippen molar-refractivity contribution in [3.63, 3.8) is 0 Å². The van der Waals surface area contributed by atoms with Crippen LogP contribution in [0.25, 0.3) is 0 Å². The predicted molar refractivity (Wildman–Crippen MR) is 47.8 cm³/mol. The Labute approximate surface area is 70.1 Å². The smallest absolute Gasteiger partial charge is 0.138 e. The number of hydrogen-bond donors (Lipinski definition) is 0. The third-order valence-corrected chi connectivity index (χ3v) is 1.82. The fraction of sp³-hybridized carbons (Fsp3) is 0.800. The average Bonchev–Trinajstić information content (AvgIpc) is 2.03. The van der Waals surface area contributed by atoms with E-state index < -0.39 is 0 Å². The van der Waals surface area contributed by atoms with Crippen molar-refractivity contribution in [3.05, 3.63) is 12.3 Å². The molecule has 0 heterocycles. The Morgan fingerprint density at radius 1 is 1.00 bits per heavy atom. The molecule has 0 aliphatic heterocycles. The van der Waals surface area contributed by atoms with Gasteiger partial charge in [-0.15, -0.1) is 0 Å². The van der Waals surface area contributed by atoms with Gasteiger partial charge in [-0.05, 0) is 18.9 Å². The first-order chi connectivity index (χ1) is 5.41. The third-order valence-electron chi connectivity index (χ3n) is 1.82. The van der Waals surface area contributed by atoms with Crippen LogP contribution in [0.2, 0.25) is 0 Å². The van der Waals surface area contributed by atoms with Gasteiger partial charge < -0.3 is 0 Å². The summed E-state index contributed by atoms with van der Waals surface area (Å²) in [6.07, 6.45) is 11.4. The van der Waals surface area contributed by atoms with Crippen LogP contribution in [0, 0.1) is 0 Å². The lowest BCUT2D eigenvalue weighted by atomic mass is 10.1. The van der Waals surface area contributed by atoms with Crippen LogP contribution < -0.4 is 0 Å². The van der Waals surface area contributed by atoms with E-state index in [-0.39, 0.29) is 0 Å². The van der Waals surface area contributed by atoms with Crippen LogP contribution in [0.4, 0.5) is 0 Å². The van der Waals surface area contributed by atoms with Crippen LogP contribution in [0.3, 0.4) is 0 Å². The largest absolute Gasteiger partial charge is 0.299 e. The summed E-state index contributed by atoms with van der Waals surface area (Å²) >= 11 is 0. The number of rotatable bonds is 7. The molecular formula is C10H19O. The van der Waals surface area contributed by atoms with Gasteiger partial charge >= 0.3 is 0 Å². The van der Waals surface area contributed by atoms with Gasteiger partial charge in [-0.1, -0.05) is 39.0 Å². The first kappa shape index (κ1) is 10.5. The first-order valence-electron chi connectivity index (χ1n) is 4.68. The van der Waals surface area contributed by atoms with Crippen LogP contribution in [0.5, 0.6) is 0 Å². The van der Waals surface area contributed by atoms with Crippen molar-refractivity contribution in [2.75, 3.05) is 0 Å². The molecule has 0 aliphatic rings. The summed E-state index contributed by atoms with van der Waals surface area (Å²) < 4.78 is 0. The fourth-order valence-electron chi connectivity index (χ4n) is 1.11. The van der Waals surface area contributed by atoms with Gasteiger partial charge in [-0.3, -0.25) is 5.11 Å². The second-order valence-electron chi connectivity index (χ2n) is 2.93. The summed E-state index contributed by atoms with van der Waals surface area (Å²) in [4.78, 5) is 0. The van der Waals surface area contributed by atoms with Crippen molar-refractivity contribution in [1.82, 2.24) is 0 Å². The molecule has 0 fully saturated rings. The molecule has 1 nitrogen and oxygen atoms in total. The summed E-state index contributed by atoms with van der Waals surface area (Å²) in [5, 5.41) is 9.88. The third kappa shape index (κ3) is 9.54. The molecule has 0 unspecified atom stereocenters. The highest BCUT2D eigenvalue weighted by Gasteiger charge is 1.87. The second-order valence-corrected chi connectivity index (χ2v) is 2.93. The van der Waals surface area contributed by atoms with Gasteiger partial charge in [0.15, 0.2) is 0 Å². The molecular weight excluding hydrogens is 136 g/mol. The van der Waals surface area contributed by atoms with E-state index in [2.05, 4.69) is 6.92 Å². The Balaban J connectivity index is 2.79. The Morgan fingerprint density at radius 3 is 2.27 bits per heavy atom. The highest BCUT2D eigenvalue weighted by Crippen LogP contribution is 2.06. The van der Waals surface area contributed by atoms with Crippen molar-refractivity contribution in [2.24, 2.45) is 0 Å². The molecule has 65 valence electrons. The molecule has 0 N–H and O–H groups in total. The summed E-state index contributed by atoms with van der Waals surface area (Å²) in [5.74, 6) is 0. The Bertz CT molecular complexity index is 86.9.